The third-order valence-electron chi connectivity index (χ3n) is 2.22. The van der Waals surface area contributed by atoms with Gasteiger partial charge in [-0.2, -0.15) is 0 Å². The number of rotatable bonds is 4. The maximum absolute atomic E-state index is 11.8. The van der Waals surface area contributed by atoms with Crippen molar-refractivity contribution in [3.8, 4) is 5.75 Å². The summed E-state index contributed by atoms with van der Waals surface area (Å²) in [6, 6.07) is 5.50. The lowest BCUT2D eigenvalue weighted by Gasteiger charge is -2.20. The molecule has 19 heavy (non-hydrogen) atoms. The van der Waals surface area contributed by atoms with Crippen molar-refractivity contribution >= 4 is 17.5 Å². The Balaban J connectivity index is 2.85. The Morgan fingerprint density at radius 2 is 2.00 bits per heavy atom. The molecule has 0 saturated heterocycles. The second kappa shape index (κ2) is 6.31. The first-order valence-corrected chi connectivity index (χ1v) is 6.27. The van der Waals surface area contributed by atoms with Gasteiger partial charge in [-0.15, -0.1) is 0 Å². The minimum atomic E-state index is -0.531. The van der Waals surface area contributed by atoms with E-state index in [-0.39, 0.29) is 0 Å². The van der Waals surface area contributed by atoms with Gasteiger partial charge in [-0.25, -0.2) is 4.79 Å². The molecule has 1 amide bonds. The van der Waals surface area contributed by atoms with Gasteiger partial charge in [0.15, 0.2) is 0 Å². The third-order valence-corrected chi connectivity index (χ3v) is 2.22. The molecule has 0 heterocycles. The number of carbonyl (C=O) groups is 1. The smallest absolute Gasteiger partial charge is 0.412 e. The van der Waals surface area contributed by atoms with Crippen molar-refractivity contribution in [3.05, 3.63) is 18.2 Å². The molecule has 5 heteroatoms. The normalized spacial score (nSPS) is 10.8. The van der Waals surface area contributed by atoms with Gasteiger partial charge in [0.2, 0.25) is 0 Å². The molecule has 0 atom stereocenters. The molecular formula is C14H22N2O3. The number of nitrogens with one attached hydrogen (secondary N) is 2. The Morgan fingerprint density at radius 3 is 2.53 bits per heavy atom. The van der Waals surface area contributed by atoms with E-state index in [0.29, 0.717) is 11.4 Å². The van der Waals surface area contributed by atoms with Crippen LogP contribution in [0.1, 0.15) is 27.7 Å². The maximum atomic E-state index is 11.8. The molecule has 1 aromatic rings. The summed E-state index contributed by atoms with van der Waals surface area (Å²) in [5.41, 5.74) is 0.959. The van der Waals surface area contributed by atoms with Gasteiger partial charge in [0.25, 0.3) is 0 Å². The molecule has 2 N–H and O–H groups in total. The fraction of sp³-hybridized carbons (Fsp3) is 0.500. The first-order chi connectivity index (χ1) is 8.85. The molecule has 0 saturated carbocycles. The first kappa shape index (κ1) is 15.1. The molecule has 0 unspecified atom stereocenters. The SMILES string of the molecule is CCNc1ccc(OC)c(NC(=O)OC(C)(C)C)c1. The van der Waals surface area contributed by atoms with E-state index < -0.39 is 11.7 Å². The summed E-state index contributed by atoms with van der Waals surface area (Å²) in [4.78, 5) is 11.8. The second-order valence-electron chi connectivity index (χ2n) is 5.07. The van der Waals surface area contributed by atoms with Crippen molar-refractivity contribution in [1.29, 1.82) is 0 Å². The van der Waals surface area contributed by atoms with Gasteiger partial charge in [0.1, 0.15) is 11.4 Å². The number of ether oxygens (including phenoxy) is 2. The highest BCUT2D eigenvalue weighted by Crippen LogP contribution is 2.28. The van der Waals surface area contributed by atoms with E-state index in [9.17, 15) is 4.79 Å². The summed E-state index contributed by atoms with van der Waals surface area (Å²) in [5.74, 6) is 0.590. The van der Waals surface area contributed by atoms with Crippen LogP contribution in [0.15, 0.2) is 18.2 Å². The molecule has 0 aliphatic rings. The third kappa shape index (κ3) is 5.07. The summed E-state index contributed by atoms with van der Waals surface area (Å²) in [7, 11) is 1.56. The van der Waals surface area contributed by atoms with Crippen LogP contribution >= 0.6 is 0 Å². The molecule has 5 nitrogen and oxygen atoms in total. The van der Waals surface area contributed by atoms with E-state index in [4.69, 9.17) is 9.47 Å². The van der Waals surface area contributed by atoms with Crippen molar-refractivity contribution < 1.29 is 14.3 Å². The number of hydrogen-bond acceptors (Lipinski definition) is 4. The van der Waals surface area contributed by atoms with Gasteiger partial charge in [0, 0.05) is 12.2 Å². The summed E-state index contributed by atoms with van der Waals surface area (Å²) in [6.07, 6.45) is -0.501. The molecule has 0 aliphatic carbocycles. The molecule has 0 aromatic heterocycles. The highest BCUT2D eigenvalue weighted by molar-refractivity contribution is 5.88. The van der Waals surface area contributed by atoms with Gasteiger partial charge in [-0.3, -0.25) is 5.32 Å². The lowest BCUT2D eigenvalue weighted by molar-refractivity contribution is 0.0635. The van der Waals surface area contributed by atoms with E-state index in [0.717, 1.165) is 12.2 Å². The van der Waals surface area contributed by atoms with E-state index >= 15 is 0 Å². The van der Waals surface area contributed by atoms with Crippen molar-refractivity contribution in [2.45, 2.75) is 33.3 Å². The molecule has 1 aromatic carbocycles. The number of amides is 1. The van der Waals surface area contributed by atoms with Gasteiger partial charge in [-0.05, 0) is 45.9 Å². The molecule has 0 fully saturated rings. The lowest BCUT2D eigenvalue weighted by Crippen LogP contribution is -2.27. The predicted molar refractivity (Wildman–Crippen MR) is 77.0 cm³/mol. The average Bonchev–Trinajstić information content (AvgIpc) is 2.27. The standard InChI is InChI=1S/C14H22N2O3/c1-6-15-10-7-8-12(18-5)11(9-10)16-13(17)19-14(2,3)4/h7-9,15H,6H2,1-5H3,(H,16,17). The van der Waals surface area contributed by atoms with Crippen molar-refractivity contribution in [2.75, 3.05) is 24.3 Å². The Kier molecular flexibility index (Phi) is 5.03. The van der Waals surface area contributed by atoms with Crippen molar-refractivity contribution in [1.82, 2.24) is 0 Å². The van der Waals surface area contributed by atoms with E-state index in [1.54, 1.807) is 13.2 Å². The largest absolute Gasteiger partial charge is 0.495 e. The monoisotopic (exact) mass is 266 g/mol. The summed E-state index contributed by atoms with van der Waals surface area (Å²) in [5, 5.41) is 5.86. The fourth-order valence-corrected chi connectivity index (χ4v) is 1.53. The van der Waals surface area contributed by atoms with E-state index in [2.05, 4.69) is 10.6 Å². The van der Waals surface area contributed by atoms with Crippen LogP contribution in [0.3, 0.4) is 0 Å². The highest BCUT2D eigenvalue weighted by Gasteiger charge is 2.17. The first-order valence-electron chi connectivity index (χ1n) is 6.27. The topological polar surface area (TPSA) is 59.6 Å². The zero-order valence-corrected chi connectivity index (χ0v) is 12.2. The van der Waals surface area contributed by atoms with Crippen LogP contribution in [0.5, 0.6) is 5.75 Å². The quantitative estimate of drug-likeness (QED) is 0.876. The zero-order valence-electron chi connectivity index (χ0n) is 12.2. The molecule has 1 rings (SSSR count). The Labute approximate surface area is 114 Å². The van der Waals surface area contributed by atoms with E-state index in [1.165, 1.54) is 0 Å². The maximum Gasteiger partial charge on any atom is 0.412 e. The number of hydrogen-bond donors (Lipinski definition) is 2. The Morgan fingerprint density at radius 1 is 1.32 bits per heavy atom. The lowest BCUT2D eigenvalue weighted by atomic mass is 10.2. The van der Waals surface area contributed by atoms with Gasteiger partial charge < -0.3 is 14.8 Å². The van der Waals surface area contributed by atoms with Crippen molar-refractivity contribution in [3.63, 3.8) is 0 Å². The summed E-state index contributed by atoms with van der Waals surface area (Å²) in [6.45, 7) is 8.26. The van der Waals surface area contributed by atoms with Crippen LogP contribution in [-0.2, 0) is 4.74 Å². The van der Waals surface area contributed by atoms with E-state index in [1.807, 2.05) is 39.8 Å². The molecule has 0 bridgehead atoms. The van der Waals surface area contributed by atoms with Gasteiger partial charge in [-0.1, -0.05) is 0 Å². The number of methoxy groups -OCH3 is 1. The molecular weight excluding hydrogens is 244 g/mol. The van der Waals surface area contributed by atoms with Crippen LogP contribution in [0, 0.1) is 0 Å². The Hall–Kier alpha value is -1.91. The Bertz CT molecular complexity index is 439. The molecule has 0 aliphatic heterocycles. The molecule has 0 spiro atoms. The average molecular weight is 266 g/mol. The van der Waals surface area contributed by atoms with Crippen LogP contribution < -0.4 is 15.4 Å². The molecule has 0 radical (unpaired) electrons. The summed E-state index contributed by atoms with van der Waals surface area (Å²) < 4.78 is 10.4. The fourth-order valence-electron chi connectivity index (χ4n) is 1.53. The second-order valence-corrected chi connectivity index (χ2v) is 5.07. The molecule has 106 valence electrons. The number of anilines is 2. The van der Waals surface area contributed by atoms with Gasteiger partial charge >= 0.3 is 6.09 Å². The number of carbonyl (C=O) groups excluding carboxylic acids is 1. The predicted octanol–water partition coefficient (Wildman–Crippen LogP) is 3.47. The van der Waals surface area contributed by atoms with Gasteiger partial charge in [0.05, 0.1) is 12.8 Å². The highest BCUT2D eigenvalue weighted by atomic mass is 16.6. The van der Waals surface area contributed by atoms with Crippen LogP contribution in [0.25, 0.3) is 0 Å². The van der Waals surface area contributed by atoms with Crippen LogP contribution in [0.2, 0.25) is 0 Å². The summed E-state index contributed by atoms with van der Waals surface area (Å²) >= 11 is 0. The van der Waals surface area contributed by atoms with Crippen molar-refractivity contribution in [2.24, 2.45) is 0 Å². The van der Waals surface area contributed by atoms with Crippen LogP contribution in [-0.4, -0.2) is 25.3 Å². The zero-order chi connectivity index (χ0) is 14.5. The number of benzene rings is 1. The van der Waals surface area contributed by atoms with Crippen LogP contribution in [0.4, 0.5) is 16.2 Å². The minimum Gasteiger partial charge on any atom is -0.495 e. The minimum absolute atomic E-state index is 0.501.